The van der Waals surface area contributed by atoms with Gasteiger partial charge in [-0.25, -0.2) is 0 Å². The third-order valence-corrected chi connectivity index (χ3v) is 5.75. The van der Waals surface area contributed by atoms with Crippen molar-refractivity contribution in [2.45, 2.75) is 64.9 Å². The molecular formula is C25H35NO2. The molecular weight excluding hydrogens is 346 g/mol. The van der Waals surface area contributed by atoms with E-state index in [1.165, 1.54) is 44.1 Å². The van der Waals surface area contributed by atoms with Crippen LogP contribution in [0.25, 0.3) is 0 Å². The molecule has 28 heavy (non-hydrogen) atoms. The van der Waals surface area contributed by atoms with Gasteiger partial charge in [0.2, 0.25) is 0 Å². The van der Waals surface area contributed by atoms with Gasteiger partial charge in [-0.05, 0) is 61.6 Å². The Morgan fingerprint density at radius 2 is 1.75 bits per heavy atom. The first-order chi connectivity index (χ1) is 13.7. The number of anilines is 1. The number of hydrogen-bond acceptors (Lipinski definition) is 3. The third kappa shape index (κ3) is 6.47. The van der Waals surface area contributed by atoms with Crippen molar-refractivity contribution in [3.63, 3.8) is 0 Å². The van der Waals surface area contributed by atoms with Crippen molar-refractivity contribution in [1.29, 1.82) is 0 Å². The van der Waals surface area contributed by atoms with E-state index in [9.17, 15) is 0 Å². The number of aryl methyl sites for hydroxylation is 1. The molecule has 1 aliphatic rings. The van der Waals surface area contributed by atoms with E-state index in [2.05, 4.69) is 49.5 Å². The molecule has 1 atom stereocenters. The van der Waals surface area contributed by atoms with Crippen LogP contribution in [0.5, 0.6) is 11.5 Å². The summed E-state index contributed by atoms with van der Waals surface area (Å²) in [5, 5.41) is 3.49. The Bertz CT molecular complexity index is 692. The zero-order valence-corrected chi connectivity index (χ0v) is 17.5. The normalized spacial score (nSPS) is 15.8. The van der Waals surface area contributed by atoms with Crippen LogP contribution in [0.1, 0.15) is 57.4 Å². The van der Waals surface area contributed by atoms with Gasteiger partial charge in [0.1, 0.15) is 17.6 Å². The van der Waals surface area contributed by atoms with E-state index in [0.717, 1.165) is 42.7 Å². The van der Waals surface area contributed by atoms with Crippen molar-refractivity contribution in [3.05, 3.63) is 54.1 Å². The minimum absolute atomic E-state index is 0.146. The Morgan fingerprint density at radius 1 is 1.00 bits per heavy atom. The number of ether oxygens (including phenoxy) is 2. The van der Waals surface area contributed by atoms with Crippen LogP contribution in [0, 0.1) is 12.8 Å². The topological polar surface area (TPSA) is 30.5 Å². The second-order valence-electron chi connectivity index (χ2n) is 7.96. The number of nitrogens with one attached hydrogen (secondary N) is 1. The highest BCUT2D eigenvalue weighted by Crippen LogP contribution is 2.26. The highest BCUT2D eigenvalue weighted by Gasteiger charge is 2.13. The Hall–Kier alpha value is -2.16. The molecule has 0 heterocycles. The smallest absolute Gasteiger partial charge is 0.122 e. The van der Waals surface area contributed by atoms with E-state index in [-0.39, 0.29) is 6.10 Å². The van der Waals surface area contributed by atoms with Gasteiger partial charge >= 0.3 is 0 Å². The summed E-state index contributed by atoms with van der Waals surface area (Å²) in [7, 11) is 0. The summed E-state index contributed by atoms with van der Waals surface area (Å²) >= 11 is 0. The first-order valence-corrected chi connectivity index (χ1v) is 10.9. The van der Waals surface area contributed by atoms with Crippen LogP contribution < -0.4 is 14.8 Å². The summed E-state index contributed by atoms with van der Waals surface area (Å²) < 4.78 is 12.1. The Labute approximate surface area is 170 Å². The Balaban J connectivity index is 1.41. The monoisotopic (exact) mass is 381 g/mol. The summed E-state index contributed by atoms with van der Waals surface area (Å²) in [6.45, 7) is 5.86. The van der Waals surface area contributed by atoms with Gasteiger partial charge < -0.3 is 14.8 Å². The average molecular weight is 382 g/mol. The molecule has 2 aromatic carbocycles. The van der Waals surface area contributed by atoms with E-state index in [0.29, 0.717) is 0 Å². The number of rotatable bonds is 10. The molecule has 3 nitrogen and oxygen atoms in total. The van der Waals surface area contributed by atoms with Gasteiger partial charge in [-0.1, -0.05) is 57.2 Å². The van der Waals surface area contributed by atoms with Gasteiger partial charge in [0, 0.05) is 5.69 Å². The summed E-state index contributed by atoms with van der Waals surface area (Å²) in [6, 6.07) is 16.5. The van der Waals surface area contributed by atoms with Crippen LogP contribution in [0.3, 0.4) is 0 Å². The summed E-state index contributed by atoms with van der Waals surface area (Å²) in [4.78, 5) is 0. The molecule has 3 heteroatoms. The van der Waals surface area contributed by atoms with Crippen molar-refractivity contribution >= 4 is 5.69 Å². The largest absolute Gasteiger partial charge is 0.494 e. The lowest BCUT2D eigenvalue weighted by atomic mass is 9.87. The van der Waals surface area contributed by atoms with Crippen LogP contribution in [0.4, 0.5) is 5.69 Å². The summed E-state index contributed by atoms with van der Waals surface area (Å²) in [6.07, 6.45) is 9.28. The first kappa shape index (κ1) is 20.6. The van der Waals surface area contributed by atoms with E-state index in [1.54, 1.807) is 0 Å². The van der Waals surface area contributed by atoms with Gasteiger partial charge in [-0.2, -0.15) is 0 Å². The van der Waals surface area contributed by atoms with E-state index >= 15 is 0 Å². The molecule has 1 saturated carbocycles. The molecule has 1 fully saturated rings. The number of benzene rings is 2. The highest BCUT2D eigenvalue weighted by molar-refractivity contribution is 5.46. The van der Waals surface area contributed by atoms with Gasteiger partial charge in [0.25, 0.3) is 0 Å². The molecule has 1 N–H and O–H groups in total. The number of hydrogen-bond donors (Lipinski definition) is 1. The maximum atomic E-state index is 6.16. The van der Waals surface area contributed by atoms with E-state index < -0.39 is 0 Å². The molecule has 3 rings (SSSR count). The van der Waals surface area contributed by atoms with E-state index in [4.69, 9.17) is 9.47 Å². The van der Waals surface area contributed by atoms with Gasteiger partial charge in [-0.15, -0.1) is 0 Å². The van der Waals surface area contributed by atoms with Crippen molar-refractivity contribution in [2.24, 2.45) is 5.92 Å². The fraction of sp³-hybridized carbons (Fsp3) is 0.520. The molecule has 0 radical (unpaired) electrons. The zero-order valence-electron chi connectivity index (χ0n) is 17.5. The fourth-order valence-corrected chi connectivity index (χ4v) is 3.86. The maximum absolute atomic E-state index is 6.16. The van der Waals surface area contributed by atoms with Crippen LogP contribution in [0.2, 0.25) is 0 Å². The minimum Gasteiger partial charge on any atom is -0.494 e. The van der Waals surface area contributed by atoms with Crippen LogP contribution in [-0.4, -0.2) is 19.3 Å². The summed E-state index contributed by atoms with van der Waals surface area (Å²) in [5.74, 6) is 2.80. The second kappa shape index (κ2) is 11.0. The highest BCUT2D eigenvalue weighted by atomic mass is 16.5. The Kier molecular flexibility index (Phi) is 8.07. The van der Waals surface area contributed by atoms with Crippen molar-refractivity contribution in [2.75, 3.05) is 18.5 Å². The lowest BCUT2D eigenvalue weighted by Crippen LogP contribution is -2.25. The van der Waals surface area contributed by atoms with Crippen LogP contribution >= 0.6 is 0 Å². The fourth-order valence-electron chi connectivity index (χ4n) is 3.86. The quantitative estimate of drug-likeness (QED) is 0.502. The van der Waals surface area contributed by atoms with Crippen molar-refractivity contribution in [1.82, 2.24) is 0 Å². The molecule has 0 aromatic heterocycles. The molecule has 0 aliphatic heterocycles. The third-order valence-electron chi connectivity index (χ3n) is 5.75. The second-order valence-corrected chi connectivity index (χ2v) is 7.96. The van der Waals surface area contributed by atoms with Crippen molar-refractivity contribution in [3.8, 4) is 11.5 Å². The average Bonchev–Trinajstić information content (AvgIpc) is 2.74. The molecule has 1 aliphatic carbocycles. The van der Waals surface area contributed by atoms with Gasteiger partial charge in [0.05, 0.1) is 13.2 Å². The number of para-hydroxylation sites is 1. The molecule has 0 amide bonds. The Morgan fingerprint density at radius 3 is 2.46 bits per heavy atom. The van der Waals surface area contributed by atoms with Crippen LogP contribution in [0.15, 0.2) is 48.5 Å². The molecule has 0 spiro atoms. The zero-order chi connectivity index (χ0) is 19.6. The van der Waals surface area contributed by atoms with Gasteiger partial charge in [0.15, 0.2) is 0 Å². The predicted molar refractivity (Wildman–Crippen MR) is 118 cm³/mol. The first-order valence-electron chi connectivity index (χ1n) is 10.9. The standard InChI is InChI=1S/C25H35NO2/c1-3-23(28-25-12-8-7-9-20(25)2)19-26-22-13-15-24(16-14-22)27-18-17-21-10-5-4-6-11-21/h7-9,12-16,21,23,26H,3-6,10-11,17-19H2,1-2H3. The molecule has 1 unspecified atom stereocenters. The minimum atomic E-state index is 0.146. The lowest BCUT2D eigenvalue weighted by Gasteiger charge is -2.21. The molecule has 0 saturated heterocycles. The van der Waals surface area contributed by atoms with E-state index in [1.807, 2.05) is 18.2 Å². The maximum Gasteiger partial charge on any atom is 0.122 e. The molecule has 152 valence electrons. The lowest BCUT2D eigenvalue weighted by molar-refractivity contribution is 0.208. The van der Waals surface area contributed by atoms with Crippen LogP contribution in [-0.2, 0) is 0 Å². The van der Waals surface area contributed by atoms with Crippen molar-refractivity contribution < 1.29 is 9.47 Å². The predicted octanol–water partition coefficient (Wildman–Crippen LogP) is 6.61. The van der Waals surface area contributed by atoms with Gasteiger partial charge in [-0.3, -0.25) is 0 Å². The summed E-state index contributed by atoms with van der Waals surface area (Å²) in [5.41, 5.74) is 2.28. The SMILES string of the molecule is CCC(CNc1ccc(OCCC2CCCCC2)cc1)Oc1ccccc1C. The molecule has 2 aromatic rings. The molecule has 0 bridgehead atoms.